The summed E-state index contributed by atoms with van der Waals surface area (Å²) in [4.78, 5) is 55.9. The molecule has 0 aliphatic carbocycles. The number of carboxylic acids is 1. The van der Waals surface area contributed by atoms with E-state index >= 15 is 0 Å². The van der Waals surface area contributed by atoms with Crippen LogP contribution in [0.4, 0.5) is 0 Å². The normalized spacial score (nSPS) is 10.8. The molecule has 0 bridgehead atoms. The monoisotopic (exact) mass is 646 g/mol. The van der Waals surface area contributed by atoms with Crippen LogP contribution in [0.3, 0.4) is 0 Å². The molecule has 0 unspecified atom stereocenters. The lowest BCUT2D eigenvalue weighted by Crippen LogP contribution is -2.44. The van der Waals surface area contributed by atoms with Crippen molar-refractivity contribution < 1.29 is 53.1 Å². The van der Waals surface area contributed by atoms with Gasteiger partial charge in [0.1, 0.15) is 0 Å². The van der Waals surface area contributed by atoms with Gasteiger partial charge in [0, 0.05) is 0 Å². The van der Waals surface area contributed by atoms with Gasteiger partial charge in [-0.2, -0.15) is 0 Å². The molecule has 0 aliphatic heterocycles. The third-order valence-electron chi connectivity index (χ3n) is 6.94. The number of unbranched alkanes of at least 4 members (excludes halogenated alkanes) is 15. The Labute approximate surface area is 271 Å². The van der Waals surface area contributed by atoms with Gasteiger partial charge in [-0.3, -0.25) is 19.2 Å². The molecule has 11 heteroatoms. The quantitative estimate of drug-likeness (QED) is 0.0519. The van der Waals surface area contributed by atoms with E-state index in [1.165, 1.54) is 89.9 Å². The van der Waals surface area contributed by atoms with E-state index in [4.69, 9.17) is 9.84 Å². The number of ether oxygens (including phenoxy) is 4. The second kappa shape index (κ2) is 31.3. The maximum atomic E-state index is 11.7. The van der Waals surface area contributed by atoms with E-state index in [0.717, 1.165) is 12.8 Å². The highest BCUT2D eigenvalue weighted by Crippen LogP contribution is 2.20. The van der Waals surface area contributed by atoms with Gasteiger partial charge < -0.3 is 29.2 Å². The first kappa shape index (κ1) is 44.4. The molecule has 0 saturated heterocycles. The minimum Gasteiger partial charge on any atom is -0.481 e. The summed E-state index contributed by atoms with van der Waals surface area (Å²) < 4.78 is 19.0. The summed E-state index contributed by atoms with van der Waals surface area (Å²) in [5, 5.41) is 18.6. The fourth-order valence-electron chi connectivity index (χ4n) is 4.49. The predicted molar refractivity (Wildman–Crippen MR) is 171 cm³/mol. The molecule has 0 atom stereocenters. The number of rotatable bonds is 28. The Bertz CT molecular complexity index is 762. The lowest BCUT2D eigenvalue weighted by molar-refractivity contribution is -0.177. The van der Waals surface area contributed by atoms with E-state index in [-0.39, 0.29) is 32.7 Å². The van der Waals surface area contributed by atoms with E-state index in [0.29, 0.717) is 6.61 Å². The number of carbonyl (C=O) groups excluding carboxylic acids is 4. The van der Waals surface area contributed by atoms with E-state index in [1.54, 1.807) is 20.8 Å². The zero-order valence-electron chi connectivity index (χ0n) is 28.5. The summed E-state index contributed by atoms with van der Waals surface area (Å²) in [5.41, 5.74) is -2.26. The minimum atomic E-state index is -2.26. The van der Waals surface area contributed by atoms with Crippen LogP contribution in [0.5, 0.6) is 0 Å². The number of hydrogen-bond acceptors (Lipinski definition) is 10. The van der Waals surface area contributed by atoms with Crippen LogP contribution in [0.1, 0.15) is 156 Å². The Balaban J connectivity index is 0. The Hall–Kier alpha value is -2.69. The maximum Gasteiger partial charge on any atom is 0.339 e. The van der Waals surface area contributed by atoms with Crippen molar-refractivity contribution in [2.24, 2.45) is 0 Å². The van der Waals surface area contributed by atoms with Crippen LogP contribution in [0.2, 0.25) is 0 Å². The molecule has 0 aromatic rings. The second-order valence-electron chi connectivity index (χ2n) is 11.1. The van der Waals surface area contributed by atoms with E-state index in [2.05, 4.69) is 21.1 Å². The zero-order chi connectivity index (χ0) is 34.2. The van der Waals surface area contributed by atoms with Gasteiger partial charge in [-0.05, 0) is 27.2 Å². The van der Waals surface area contributed by atoms with Crippen LogP contribution < -0.4 is 0 Å². The molecule has 45 heavy (non-hydrogen) atoms. The molecule has 2 N–H and O–H groups in total. The highest BCUT2D eigenvalue weighted by Gasteiger charge is 2.43. The molecular weight excluding hydrogens is 584 g/mol. The van der Waals surface area contributed by atoms with E-state index in [9.17, 15) is 29.1 Å². The molecule has 0 rings (SSSR count). The van der Waals surface area contributed by atoms with Crippen molar-refractivity contribution >= 4 is 29.8 Å². The third kappa shape index (κ3) is 29.8. The Morgan fingerprint density at radius 2 is 0.867 bits per heavy atom. The van der Waals surface area contributed by atoms with Gasteiger partial charge in [0.2, 0.25) is 0 Å². The van der Waals surface area contributed by atoms with Gasteiger partial charge in [0.25, 0.3) is 0 Å². The lowest BCUT2D eigenvalue weighted by atomic mass is 9.95. The fourth-order valence-corrected chi connectivity index (χ4v) is 4.49. The largest absolute Gasteiger partial charge is 0.481 e. The number of hydrogen-bond donors (Lipinski definition) is 2. The Morgan fingerprint density at radius 3 is 1.22 bits per heavy atom. The van der Waals surface area contributed by atoms with E-state index < -0.39 is 48.3 Å². The first-order chi connectivity index (χ1) is 21.6. The van der Waals surface area contributed by atoms with Crippen LogP contribution in [-0.4, -0.2) is 72.1 Å². The SMILES string of the molecule is CCCCCCCCCCCCCCCCCCOC(=O)CCC(=O)O.CCOC(=O)CC(O)(CC(=O)OCC)C(=O)OCC. The Kier molecular flexibility index (Phi) is 30.9. The molecule has 0 aromatic heterocycles. The van der Waals surface area contributed by atoms with Crippen LogP contribution in [0, 0.1) is 0 Å². The van der Waals surface area contributed by atoms with Crippen molar-refractivity contribution in [3.05, 3.63) is 0 Å². The van der Waals surface area contributed by atoms with Gasteiger partial charge in [-0.25, -0.2) is 4.79 Å². The van der Waals surface area contributed by atoms with Gasteiger partial charge in [0.05, 0.1) is 52.1 Å². The van der Waals surface area contributed by atoms with Crippen molar-refractivity contribution in [3.8, 4) is 0 Å². The van der Waals surface area contributed by atoms with Crippen LogP contribution in [0.25, 0.3) is 0 Å². The summed E-state index contributed by atoms with van der Waals surface area (Å²) in [6.07, 6.45) is 19.6. The van der Waals surface area contributed by atoms with Crippen molar-refractivity contribution in [1.82, 2.24) is 0 Å². The van der Waals surface area contributed by atoms with Crippen LogP contribution in [0.15, 0.2) is 0 Å². The zero-order valence-corrected chi connectivity index (χ0v) is 28.5. The molecule has 0 fully saturated rings. The first-order valence-electron chi connectivity index (χ1n) is 17.1. The molecule has 0 aliphatic rings. The predicted octanol–water partition coefficient (Wildman–Crippen LogP) is 6.84. The minimum absolute atomic E-state index is 0.0197. The Morgan fingerprint density at radius 1 is 0.489 bits per heavy atom. The van der Waals surface area contributed by atoms with Crippen molar-refractivity contribution in [2.75, 3.05) is 26.4 Å². The molecule has 0 saturated carbocycles. The van der Waals surface area contributed by atoms with Crippen LogP contribution >= 0.6 is 0 Å². The number of aliphatic carboxylic acids is 1. The molecule has 264 valence electrons. The molecule has 0 radical (unpaired) electrons. The topological polar surface area (TPSA) is 163 Å². The number of carbonyl (C=O) groups is 5. The smallest absolute Gasteiger partial charge is 0.339 e. The lowest BCUT2D eigenvalue weighted by Gasteiger charge is -2.23. The van der Waals surface area contributed by atoms with Crippen LogP contribution in [-0.2, 0) is 42.9 Å². The second-order valence-corrected chi connectivity index (χ2v) is 11.1. The third-order valence-corrected chi connectivity index (χ3v) is 6.94. The summed E-state index contributed by atoms with van der Waals surface area (Å²) in [7, 11) is 0. The van der Waals surface area contributed by atoms with Crippen molar-refractivity contribution in [2.45, 2.75) is 162 Å². The molecule has 0 amide bonds. The molecule has 0 heterocycles. The van der Waals surface area contributed by atoms with Gasteiger partial charge in [-0.15, -0.1) is 0 Å². The molecule has 0 aromatic carbocycles. The van der Waals surface area contributed by atoms with Crippen molar-refractivity contribution in [1.29, 1.82) is 0 Å². The summed E-state index contributed by atoms with van der Waals surface area (Å²) in [6.45, 7) is 7.66. The number of aliphatic hydroxyl groups is 1. The van der Waals surface area contributed by atoms with Gasteiger partial charge in [0.15, 0.2) is 5.60 Å². The number of esters is 4. The average Bonchev–Trinajstić information content (AvgIpc) is 2.98. The van der Waals surface area contributed by atoms with E-state index in [1.807, 2.05) is 0 Å². The summed E-state index contributed by atoms with van der Waals surface area (Å²) >= 11 is 0. The number of carboxylic acid groups (broad SMARTS) is 1. The first-order valence-corrected chi connectivity index (χ1v) is 17.1. The average molecular weight is 647 g/mol. The maximum absolute atomic E-state index is 11.7. The summed E-state index contributed by atoms with van der Waals surface area (Å²) in [6, 6.07) is 0. The fraction of sp³-hybridized carbons (Fsp3) is 0.853. The van der Waals surface area contributed by atoms with Gasteiger partial charge >= 0.3 is 29.8 Å². The summed E-state index contributed by atoms with van der Waals surface area (Å²) in [5.74, 6) is -3.97. The highest BCUT2D eigenvalue weighted by molar-refractivity contribution is 5.90. The molecular formula is C34H62O11. The van der Waals surface area contributed by atoms with Crippen molar-refractivity contribution in [3.63, 3.8) is 0 Å². The standard InChI is InChI=1S/C22H42O4.C12H20O7/c1-2-3-4-5-6-7-8-9-10-11-12-13-14-15-16-17-20-26-22(25)19-18-21(23)24;1-4-17-9(13)7-12(16,11(15)19-6-3)8-10(14)18-5-2/h2-20H2,1H3,(H,23,24);16H,4-8H2,1-3H3. The molecule has 0 spiro atoms. The molecule has 11 nitrogen and oxygen atoms in total. The van der Waals surface area contributed by atoms with Gasteiger partial charge in [-0.1, -0.05) is 103 Å². The highest BCUT2D eigenvalue weighted by atomic mass is 16.6.